The summed E-state index contributed by atoms with van der Waals surface area (Å²) in [6.45, 7) is 8.93. The maximum absolute atomic E-state index is 12.2. The molecule has 1 aliphatic heterocycles. The molecule has 1 aromatic carbocycles. The monoisotopic (exact) mass is 275 g/mol. The molecular weight excluding hydrogens is 250 g/mol. The first-order valence-corrected chi connectivity index (χ1v) is 7.44. The van der Waals surface area contributed by atoms with Crippen molar-refractivity contribution in [3.05, 3.63) is 29.8 Å². The van der Waals surface area contributed by atoms with Gasteiger partial charge in [0.15, 0.2) is 5.78 Å². The third-order valence-electron chi connectivity index (χ3n) is 3.96. The number of benzene rings is 1. The van der Waals surface area contributed by atoms with Crippen LogP contribution in [0.1, 0.15) is 30.6 Å². The second-order valence-corrected chi connectivity index (χ2v) is 5.60. The van der Waals surface area contributed by atoms with Crippen molar-refractivity contribution < 1.29 is 4.79 Å². The largest absolute Gasteiger partial charge is 0.368 e. The summed E-state index contributed by atoms with van der Waals surface area (Å²) in [6.07, 6.45) is 0.420. The molecule has 1 saturated heterocycles. The molecule has 4 heteroatoms. The molecule has 0 amide bonds. The van der Waals surface area contributed by atoms with E-state index in [0.29, 0.717) is 19.0 Å². The Bertz CT molecular complexity index is 451. The van der Waals surface area contributed by atoms with Gasteiger partial charge in [0.2, 0.25) is 0 Å². The average molecular weight is 275 g/mol. The Balaban J connectivity index is 2.12. The fourth-order valence-corrected chi connectivity index (χ4v) is 2.73. The molecule has 1 fully saturated rings. The van der Waals surface area contributed by atoms with Gasteiger partial charge in [-0.2, -0.15) is 0 Å². The number of nitrogens with zero attached hydrogens (tertiary/aromatic N) is 2. The quantitative estimate of drug-likeness (QED) is 0.832. The average Bonchev–Trinajstić information content (AvgIpc) is 2.47. The Morgan fingerprint density at radius 1 is 1.20 bits per heavy atom. The predicted octanol–water partition coefficient (Wildman–Crippen LogP) is 1.75. The molecule has 0 spiro atoms. The van der Waals surface area contributed by atoms with Crippen LogP contribution in [0.2, 0.25) is 0 Å². The zero-order valence-corrected chi connectivity index (χ0v) is 12.5. The van der Waals surface area contributed by atoms with E-state index in [1.54, 1.807) is 0 Å². The standard InChI is InChI=1S/C16H25N3O/c1-13(2)18-9-11-19(12-10-18)15-6-4-3-5-14(15)16(20)7-8-17/h3-6,13H,7-12,17H2,1-2H3. The predicted molar refractivity (Wildman–Crippen MR) is 83.4 cm³/mol. The first-order valence-electron chi connectivity index (χ1n) is 7.44. The highest BCUT2D eigenvalue weighted by Crippen LogP contribution is 2.23. The highest BCUT2D eigenvalue weighted by Gasteiger charge is 2.22. The lowest BCUT2D eigenvalue weighted by Crippen LogP contribution is -2.49. The van der Waals surface area contributed by atoms with Gasteiger partial charge in [0, 0.05) is 49.9 Å². The number of carbonyl (C=O) groups excluding carboxylic acids is 1. The summed E-state index contributed by atoms with van der Waals surface area (Å²) < 4.78 is 0. The molecular formula is C16H25N3O. The van der Waals surface area contributed by atoms with Gasteiger partial charge in [0.25, 0.3) is 0 Å². The second kappa shape index (κ2) is 6.86. The summed E-state index contributed by atoms with van der Waals surface area (Å²) in [5, 5.41) is 0. The molecule has 0 saturated carbocycles. The molecule has 4 nitrogen and oxygen atoms in total. The van der Waals surface area contributed by atoms with Crippen molar-refractivity contribution in [1.82, 2.24) is 4.90 Å². The van der Waals surface area contributed by atoms with Crippen LogP contribution in [0.3, 0.4) is 0 Å². The van der Waals surface area contributed by atoms with Crippen LogP contribution in [0.4, 0.5) is 5.69 Å². The van der Waals surface area contributed by atoms with Crippen LogP contribution in [-0.2, 0) is 0 Å². The Morgan fingerprint density at radius 3 is 2.45 bits per heavy atom. The second-order valence-electron chi connectivity index (χ2n) is 5.60. The number of hydrogen-bond acceptors (Lipinski definition) is 4. The first kappa shape index (κ1) is 15.0. The molecule has 0 bridgehead atoms. The van der Waals surface area contributed by atoms with Gasteiger partial charge in [-0.05, 0) is 32.5 Å². The van der Waals surface area contributed by atoms with Crippen LogP contribution in [0.25, 0.3) is 0 Å². The van der Waals surface area contributed by atoms with E-state index in [9.17, 15) is 4.79 Å². The van der Waals surface area contributed by atoms with E-state index in [2.05, 4.69) is 29.7 Å². The van der Waals surface area contributed by atoms with E-state index in [1.807, 2.05) is 18.2 Å². The lowest BCUT2D eigenvalue weighted by atomic mass is 10.0. The Hall–Kier alpha value is -1.39. The zero-order chi connectivity index (χ0) is 14.5. The van der Waals surface area contributed by atoms with Gasteiger partial charge < -0.3 is 10.6 Å². The molecule has 2 rings (SSSR count). The fraction of sp³-hybridized carbons (Fsp3) is 0.562. The lowest BCUT2D eigenvalue weighted by Gasteiger charge is -2.38. The molecule has 20 heavy (non-hydrogen) atoms. The molecule has 1 heterocycles. The topological polar surface area (TPSA) is 49.6 Å². The normalized spacial score (nSPS) is 16.7. The van der Waals surface area contributed by atoms with Gasteiger partial charge in [-0.3, -0.25) is 9.69 Å². The number of hydrogen-bond donors (Lipinski definition) is 1. The van der Waals surface area contributed by atoms with Crippen molar-refractivity contribution in [3.8, 4) is 0 Å². The van der Waals surface area contributed by atoms with Crippen LogP contribution >= 0.6 is 0 Å². The summed E-state index contributed by atoms with van der Waals surface area (Å²) in [4.78, 5) is 17.0. The molecule has 0 radical (unpaired) electrons. The summed E-state index contributed by atoms with van der Waals surface area (Å²) in [5.74, 6) is 0.148. The molecule has 0 atom stereocenters. The van der Waals surface area contributed by atoms with Crippen LogP contribution in [0.5, 0.6) is 0 Å². The van der Waals surface area contributed by atoms with Crippen molar-refractivity contribution in [2.24, 2.45) is 5.73 Å². The van der Waals surface area contributed by atoms with Gasteiger partial charge in [-0.25, -0.2) is 0 Å². The SMILES string of the molecule is CC(C)N1CCN(c2ccccc2C(=O)CCN)CC1. The first-order chi connectivity index (χ1) is 9.63. The van der Waals surface area contributed by atoms with E-state index in [0.717, 1.165) is 37.4 Å². The van der Waals surface area contributed by atoms with E-state index < -0.39 is 0 Å². The van der Waals surface area contributed by atoms with Crippen LogP contribution < -0.4 is 10.6 Å². The molecule has 1 aliphatic rings. The minimum atomic E-state index is 0.148. The summed E-state index contributed by atoms with van der Waals surface area (Å²) in [5.41, 5.74) is 7.39. The minimum absolute atomic E-state index is 0.148. The highest BCUT2D eigenvalue weighted by atomic mass is 16.1. The van der Waals surface area contributed by atoms with Crippen LogP contribution in [-0.4, -0.2) is 49.4 Å². The molecule has 1 aromatic rings. The summed E-state index contributed by atoms with van der Waals surface area (Å²) >= 11 is 0. The maximum atomic E-state index is 12.2. The van der Waals surface area contributed by atoms with Crippen molar-refractivity contribution >= 4 is 11.5 Å². The number of carbonyl (C=O) groups is 1. The Labute approximate surface area is 121 Å². The van der Waals surface area contributed by atoms with Crippen LogP contribution in [0, 0.1) is 0 Å². The zero-order valence-electron chi connectivity index (χ0n) is 12.5. The summed E-state index contributed by atoms with van der Waals surface area (Å²) in [6, 6.07) is 8.49. The molecule has 0 aliphatic carbocycles. The molecule has 0 unspecified atom stereocenters. The van der Waals surface area contributed by atoms with Crippen molar-refractivity contribution in [3.63, 3.8) is 0 Å². The van der Waals surface area contributed by atoms with Gasteiger partial charge in [0.05, 0.1) is 0 Å². The van der Waals surface area contributed by atoms with Gasteiger partial charge in [-0.1, -0.05) is 12.1 Å². The number of rotatable bonds is 5. The number of Topliss-reactive ketones (excluding diaryl/α,β-unsaturated/α-hetero) is 1. The van der Waals surface area contributed by atoms with E-state index in [4.69, 9.17) is 5.73 Å². The number of para-hydroxylation sites is 1. The fourth-order valence-electron chi connectivity index (χ4n) is 2.73. The third-order valence-corrected chi connectivity index (χ3v) is 3.96. The van der Waals surface area contributed by atoms with Crippen molar-refractivity contribution in [2.45, 2.75) is 26.3 Å². The Kier molecular flexibility index (Phi) is 5.15. The molecule has 110 valence electrons. The van der Waals surface area contributed by atoms with E-state index in [1.165, 1.54) is 0 Å². The van der Waals surface area contributed by atoms with Crippen molar-refractivity contribution in [1.29, 1.82) is 0 Å². The van der Waals surface area contributed by atoms with Gasteiger partial charge >= 0.3 is 0 Å². The smallest absolute Gasteiger partial charge is 0.166 e. The minimum Gasteiger partial charge on any atom is -0.368 e. The number of anilines is 1. The van der Waals surface area contributed by atoms with Gasteiger partial charge in [0.1, 0.15) is 0 Å². The summed E-state index contributed by atoms with van der Waals surface area (Å²) in [7, 11) is 0. The Morgan fingerprint density at radius 2 is 1.85 bits per heavy atom. The third kappa shape index (κ3) is 3.38. The molecule has 2 N–H and O–H groups in total. The number of piperazine rings is 1. The highest BCUT2D eigenvalue weighted by molar-refractivity contribution is 6.01. The van der Waals surface area contributed by atoms with Crippen molar-refractivity contribution in [2.75, 3.05) is 37.6 Å². The lowest BCUT2D eigenvalue weighted by molar-refractivity contribution is 0.0985. The number of ketones is 1. The molecule has 0 aromatic heterocycles. The number of nitrogens with two attached hydrogens (primary N) is 1. The van der Waals surface area contributed by atoms with Gasteiger partial charge in [-0.15, -0.1) is 0 Å². The van der Waals surface area contributed by atoms with E-state index >= 15 is 0 Å². The maximum Gasteiger partial charge on any atom is 0.166 e. The van der Waals surface area contributed by atoms with Crippen LogP contribution in [0.15, 0.2) is 24.3 Å². The van der Waals surface area contributed by atoms with E-state index in [-0.39, 0.29) is 5.78 Å².